The minimum Gasteiger partial charge on any atom is -0.483 e. The number of carbonyl (C=O) groups excluding carboxylic acids is 6. The maximum atomic E-state index is 14.1. The lowest BCUT2D eigenvalue weighted by Crippen LogP contribution is -2.56. The van der Waals surface area contributed by atoms with E-state index in [2.05, 4.69) is 15.6 Å². The lowest BCUT2D eigenvalue weighted by Gasteiger charge is -2.36. The molecule has 1 aromatic heterocycles. The summed E-state index contributed by atoms with van der Waals surface area (Å²) in [5.74, 6) is -1.43. The van der Waals surface area contributed by atoms with E-state index in [1.807, 2.05) is 25.1 Å². The van der Waals surface area contributed by atoms with E-state index < -0.39 is 36.0 Å². The average Bonchev–Trinajstić information content (AvgIpc) is 3.90. The third-order valence-corrected chi connectivity index (χ3v) is 11.5. The number of rotatable bonds is 13. The van der Waals surface area contributed by atoms with Crippen LogP contribution in [-0.2, 0) is 36.8 Å². The van der Waals surface area contributed by atoms with Crippen LogP contribution in [0.5, 0.6) is 11.5 Å². The number of benzene rings is 2. The molecule has 2 aromatic carbocycles. The molecule has 0 radical (unpaired) electrons. The number of nitrogens with one attached hydrogen (secondary N) is 2. The van der Waals surface area contributed by atoms with Crippen LogP contribution >= 0.6 is 0 Å². The zero-order chi connectivity index (χ0) is 40.8. The van der Waals surface area contributed by atoms with Gasteiger partial charge in [0.15, 0.2) is 6.61 Å². The first-order valence-electron chi connectivity index (χ1n) is 20.5. The van der Waals surface area contributed by atoms with Crippen LogP contribution in [0.15, 0.2) is 42.5 Å². The predicted octanol–water partition coefficient (Wildman–Crippen LogP) is 3.86. The number of hydrogen-bond acceptors (Lipinski definition) is 10. The molecule has 0 spiro atoms. The molecule has 15 heteroatoms. The molecular formula is C43H52N6O9. The Kier molecular flexibility index (Phi) is 12.7. The molecule has 2 aliphatic carbocycles. The zero-order valence-corrected chi connectivity index (χ0v) is 33.3. The Balaban J connectivity index is 1.06. The van der Waals surface area contributed by atoms with Gasteiger partial charge >= 0.3 is 12.1 Å². The molecule has 15 nitrogen and oxygen atoms in total. The molecule has 2 atom stereocenters. The van der Waals surface area contributed by atoms with Crippen LogP contribution in [0.25, 0.3) is 10.9 Å². The lowest BCUT2D eigenvalue weighted by atomic mass is 9.93. The van der Waals surface area contributed by atoms with E-state index in [1.54, 1.807) is 34.9 Å². The number of pyridine rings is 1. The van der Waals surface area contributed by atoms with Gasteiger partial charge in [-0.3, -0.25) is 24.0 Å². The normalized spacial score (nSPS) is 18.2. The van der Waals surface area contributed by atoms with Gasteiger partial charge in [-0.1, -0.05) is 12.1 Å². The molecule has 2 aliphatic heterocycles. The molecule has 2 N–H and O–H groups in total. The predicted molar refractivity (Wildman–Crippen MR) is 212 cm³/mol. The Morgan fingerprint density at radius 2 is 1.64 bits per heavy atom. The van der Waals surface area contributed by atoms with Gasteiger partial charge in [0.2, 0.25) is 11.8 Å². The number of aryl methyl sites for hydroxylation is 3. The smallest absolute Gasteiger partial charge is 0.409 e. The van der Waals surface area contributed by atoms with Crippen molar-refractivity contribution in [2.24, 2.45) is 0 Å². The van der Waals surface area contributed by atoms with Crippen LogP contribution in [0.3, 0.4) is 0 Å². The van der Waals surface area contributed by atoms with Crippen LogP contribution in [0.4, 0.5) is 4.79 Å². The number of aromatic nitrogens is 1. The van der Waals surface area contributed by atoms with Gasteiger partial charge in [-0.2, -0.15) is 0 Å². The van der Waals surface area contributed by atoms with Crippen LogP contribution < -0.4 is 20.1 Å². The number of esters is 1. The van der Waals surface area contributed by atoms with Gasteiger partial charge in [-0.05, 0) is 113 Å². The Bertz CT molecular complexity index is 2060. The zero-order valence-electron chi connectivity index (χ0n) is 33.3. The second kappa shape index (κ2) is 18.2. The molecule has 5 amide bonds. The second-order valence-corrected chi connectivity index (χ2v) is 15.5. The van der Waals surface area contributed by atoms with Crippen molar-refractivity contribution in [2.45, 2.75) is 96.2 Å². The highest BCUT2D eigenvalue weighted by molar-refractivity contribution is 6.00. The van der Waals surface area contributed by atoms with E-state index in [0.717, 1.165) is 49.7 Å². The van der Waals surface area contributed by atoms with E-state index in [1.165, 1.54) is 16.5 Å². The maximum absolute atomic E-state index is 14.1. The summed E-state index contributed by atoms with van der Waals surface area (Å²) in [6, 6.07) is 11.0. The van der Waals surface area contributed by atoms with Gasteiger partial charge in [0.05, 0.1) is 12.1 Å². The molecule has 1 saturated carbocycles. The number of hydrogen-bond donors (Lipinski definition) is 2. The molecule has 7 rings (SSSR count). The molecule has 3 aromatic rings. The van der Waals surface area contributed by atoms with Crippen molar-refractivity contribution in [1.29, 1.82) is 0 Å². The largest absolute Gasteiger partial charge is 0.483 e. The molecule has 0 bridgehead atoms. The molecule has 3 fully saturated rings. The molecule has 4 aliphatic rings. The Morgan fingerprint density at radius 1 is 0.862 bits per heavy atom. The van der Waals surface area contributed by atoms with E-state index in [4.69, 9.17) is 14.2 Å². The van der Waals surface area contributed by atoms with Crippen LogP contribution in [0, 0.1) is 6.92 Å². The van der Waals surface area contributed by atoms with Gasteiger partial charge in [-0.15, -0.1) is 0 Å². The highest BCUT2D eigenvalue weighted by Crippen LogP contribution is 2.29. The summed E-state index contributed by atoms with van der Waals surface area (Å²) in [6.45, 7) is 4.86. The average molecular weight is 797 g/mol. The van der Waals surface area contributed by atoms with Crippen molar-refractivity contribution in [3.8, 4) is 11.5 Å². The molecule has 308 valence electrons. The summed E-state index contributed by atoms with van der Waals surface area (Å²) in [7, 11) is 0. The fourth-order valence-corrected chi connectivity index (χ4v) is 8.04. The maximum Gasteiger partial charge on any atom is 0.409 e. The number of piperazine rings is 1. The van der Waals surface area contributed by atoms with E-state index >= 15 is 0 Å². The van der Waals surface area contributed by atoms with Crippen molar-refractivity contribution < 1.29 is 43.0 Å². The first kappa shape index (κ1) is 40.5. The lowest BCUT2D eigenvalue weighted by molar-refractivity contribution is -0.140. The van der Waals surface area contributed by atoms with Gasteiger partial charge in [-0.25, -0.2) is 9.78 Å². The number of likely N-dealkylation sites (tertiary alicyclic amines) is 1. The molecule has 0 unspecified atom stereocenters. The third-order valence-electron chi connectivity index (χ3n) is 11.5. The summed E-state index contributed by atoms with van der Waals surface area (Å²) >= 11 is 0. The van der Waals surface area contributed by atoms with Gasteiger partial charge in [0.25, 0.3) is 11.8 Å². The van der Waals surface area contributed by atoms with Crippen molar-refractivity contribution in [2.75, 3.05) is 45.9 Å². The second-order valence-electron chi connectivity index (χ2n) is 15.5. The van der Waals surface area contributed by atoms with E-state index in [0.29, 0.717) is 36.0 Å². The molecule has 2 saturated heterocycles. The summed E-state index contributed by atoms with van der Waals surface area (Å²) in [5.41, 5.74) is 3.69. The fourth-order valence-electron chi connectivity index (χ4n) is 8.04. The summed E-state index contributed by atoms with van der Waals surface area (Å²) in [4.78, 5) is 89.3. The van der Waals surface area contributed by atoms with Crippen molar-refractivity contribution in [3.63, 3.8) is 0 Å². The van der Waals surface area contributed by atoms with Crippen LogP contribution in [-0.4, -0.2) is 119 Å². The van der Waals surface area contributed by atoms with Gasteiger partial charge in [0.1, 0.15) is 29.3 Å². The Labute approximate surface area is 337 Å². The number of nitrogens with zero attached hydrogens (tertiary/aromatic N) is 4. The Morgan fingerprint density at radius 3 is 2.40 bits per heavy atom. The molecule has 3 heterocycles. The van der Waals surface area contributed by atoms with E-state index in [9.17, 15) is 28.8 Å². The van der Waals surface area contributed by atoms with Gasteiger partial charge < -0.3 is 39.5 Å². The van der Waals surface area contributed by atoms with Crippen LogP contribution in [0.1, 0.15) is 85.5 Å². The standard InChI is InChI=1S/C43H52N6O9/c1-3-56-43(55)48-21-19-47(20-22-48)42(54)33(16-17-39(51)58-31-14-13-28-7-4-8-29(28)24-31)46-40(52)35-25-37(32-15-12-27(2)23-34(32)45-35)57-26-38(50)49-18-6-11-36(49)41(53)44-30-9-5-10-30/h12-15,23-25,30,33,36H,3-11,16-22,26H2,1-2H3,(H,44,53)(H,46,52)/t33-,36-/m0/s1. The van der Waals surface area contributed by atoms with E-state index in [-0.39, 0.29) is 81.5 Å². The summed E-state index contributed by atoms with van der Waals surface area (Å²) < 4.78 is 16.9. The van der Waals surface area contributed by atoms with Gasteiger partial charge in [0, 0.05) is 56.6 Å². The fraction of sp³-hybridized carbons (Fsp3) is 0.512. The first-order chi connectivity index (χ1) is 28.1. The number of ether oxygens (including phenoxy) is 3. The SMILES string of the molecule is CCOC(=O)N1CCN(C(=O)[C@H](CCC(=O)Oc2ccc3c(c2)CCC3)NC(=O)c2cc(OCC(=O)N3CCC[C@H]3C(=O)NC3CCC3)c3ccc(C)cc3n2)CC1. The highest BCUT2D eigenvalue weighted by atomic mass is 16.6. The van der Waals surface area contributed by atoms with Crippen molar-refractivity contribution in [3.05, 3.63) is 64.8 Å². The monoisotopic (exact) mass is 796 g/mol. The molecule has 58 heavy (non-hydrogen) atoms. The minimum absolute atomic E-state index is 0.0508. The summed E-state index contributed by atoms with van der Waals surface area (Å²) in [5, 5.41) is 6.45. The third kappa shape index (κ3) is 9.51. The highest BCUT2D eigenvalue weighted by Gasteiger charge is 2.36. The number of carbonyl (C=O) groups is 6. The van der Waals surface area contributed by atoms with Crippen molar-refractivity contribution in [1.82, 2.24) is 30.3 Å². The number of fused-ring (bicyclic) bond motifs is 2. The minimum atomic E-state index is -1.13. The summed E-state index contributed by atoms with van der Waals surface area (Å²) in [6.07, 6.45) is 6.59. The van der Waals surface area contributed by atoms with Crippen molar-refractivity contribution >= 4 is 46.6 Å². The first-order valence-corrected chi connectivity index (χ1v) is 20.5. The topological polar surface area (TPSA) is 177 Å². The Hall–Kier alpha value is -5.73. The number of amides is 5. The van der Waals surface area contributed by atoms with Crippen LogP contribution in [0.2, 0.25) is 0 Å². The quantitative estimate of drug-likeness (QED) is 0.191. The molecular weight excluding hydrogens is 745 g/mol.